The highest BCUT2D eigenvalue weighted by Gasteiger charge is 2.24. The van der Waals surface area contributed by atoms with Crippen LogP contribution in [0.3, 0.4) is 0 Å². The average Bonchev–Trinajstić information content (AvgIpc) is 3.42. The topological polar surface area (TPSA) is 106 Å². The van der Waals surface area contributed by atoms with Gasteiger partial charge in [-0.25, -0.2) is 0 Å². The van der Waals surface area contributed by atoms with E-state index in [2.05, 4.69) is 10.2 Å². The Kier molecular flexibility index (Phi) is 8.06. The Balaban J connectivity index is 1.41. The SMILES string of the molecule is CCOc1ccc(NC(=O)Cn2cc(OC)c(=O)cc2CN2CCN(C(=O)c3ccco3)CC2)cc1. The Bertz CT molecular complexity index is 1230. The number of anilines is 1. The molecule has 1 aromatic carbocycles. The molecule has 2 aromatic heterocycles. The van der Waals surface area contributed by atoms with Crippen LogP contribution in [0.1, 0.15) is 23.2 Å². The molecule has 1 aliphatic rings. The first-order chi connectivity index (χ1) is 17.5. The number of amides is 2. The molecule has 2 amide bonds. The molecule has 3 heterocycles. The first-order valence-electron chi connectivity index (χ1n) is 11.8. The number of rotatable bonds is 9. The van der Waals surface area contributed by atoms with Crippen LogP contribution in [0.25, 0.3) is 0 Å². The van der Waals surface area contributed by atoms with Crippen molar-refractivity contribution in [1.29, 1.82) is 0 Å². The van der Waals surface area contributed by atoms with Crippen LogP contribution in [-0.2, 0) is 17.9 Å². The molecule has 0 bridgehead atoms. The van der Waals surface area contributed by atoms with Crippen molar-refractivity contribution in [2.45, 2.75) is 20.0 Å². The average molecular weight is 495 g/mol. The van der Waals surface area contributed by atoms with Crippen molar-refractivity contribution in [2.24, 2.45) is 0 Å². The van der Waals surface area contributed by atoms with Gasteiger partial charge in [-0.05, 0) is 43.3 Å². The van der Waals surface area contributed by atoms with E-state index in [-0.39, 0.29) is 29.5 Å². The molecule has 1 saturated heterocycles. The van der Waals surface area contributed by atoms with Crippen LogP contribution in [-0.4, -0.2) is 66.1 Å². The van der Waals surface area contributed by atoms with Gasteiger partial charge in [0.15, 0.2) is 11.5 Å². The molecule has 1 fully saturated rings. The number of piperazine rings is 1. The van der Waals surface area contributed by atoms with Gasteiger partial charge >= 0.3 is 0 Å². The smallest absolute Gasteiger partial charge is 0.289 e. The van der Waals surface area contributed by atoms with Crippen molar-refractivity contribution in [3.8, 4) is 11.5 Å². The van der Waals surface area contributed by atoms with Gasteiger partial charge in [0, 0.05) is 50.2 Å². The molecule has 1 N–H and O–H groups in total. The summed E-state index contributed by atoms with van der Waals surface area (Å²) in [5.41, 5.74) is 1.09. The van der Waals surface area contributed by atoms with Crippen molar-refractivity contribution in [1.82, 2.24) is 14.4 Å². The molecular formula is C26H30N4O6. The lowest BCUT2D eigenvalue weighted by molar-refractivity contribution is -0.116. The summed E-state index contributed by atoms with van der Waals surface area (Å²) in [4.78, 5) is 41.7. The predicted octanol–water partition coefficient (Wildman–Crippen LogP) is 2.45. The van der Waals surface area contributed by atoms with Gasteiger partial charge in [-0.3, -0.25) is 19.3 Å². The zero-order chi connectivity index (χ0) is 25.5. The molecule has 3 aromatic rings. The first kappa shape index (κ1) is 25.1. The fourth-order valence-corrected chi connectivity index (χ4v) is 4.08. The third kappa shape index (κ3) is 6.14. The van der Waals surface area contributed by atoms with Crippen LogP contribution in [0, 0.1) is 0 Å². The van der Waals surface area contributed by atoms with E-state index in [1.807, 2.05) is 6.92 Å². The summed E-state index contributed by atoms with van der Waals surface area (Å²) in [5.74, 6) is 0.855. The lowest BCUT2D eigenvalue weighted by Crippen LogP contribution is -2.48. The zero-order valence-corrected chi connectivity index (χ0v) is 20.4. The number of benzene rings is 1. The Hall–Kier alpha value is -4.05. The van der Waals surface area contributed by atoms with Crippen LogP contribution in [0.2, 0.25) is 0 Å². The normalized spacial score (nSPS) is 13.9. The molecule has 0 aliphatic carbocycles. The number of hydrogen-bond acceptors (Lipinski definition) is 7. The number of nitrogens with one attached hydrogen (secondary N) is 1. The van der Waals surface area contributed by atoms with Gasteiger partial charge in [0.05, 0.1) is 26.2 Å². The molecule has 10 heteroatoms. The Morgan fingerprint density at radius 1 is 1.08 bits per heavy atom. The van der Waals surface area contributed by atoms with E-state index >= 15 is 0 Å². The van der Waals surface area contributed by atoms with Crippen LogP contribution < -0.4 is 20.2 Å². The second kappa shape index (κ2) is 11.6. The standard InChI is InChI=1S/C26H30N4O6/c1-3-35-21-8-6-19(7-9-21)27-25(32)18-30-17-24(34-2)22(31)15-20(30)16-28-10-12-29(13-11-28)26(33)23-5-4-14-36-23/h4-9,14-15,17H,3,10-13,16,18H2,1-2H3,(H,27,32). The number of hydrogen-bond donors (Lipinski definition) is 1. The molecule has 0 saturated carbocycles. The van der Waals surface area contributed by atoms with Crippen molar-refractivity contribution in [3.63, 3.8) is 0 Å². The van der Waals surface area contributed by atoms with Crippen LogP contribution in [0.15, 0.2) is 64.1 Å². The zero-order valence-electron chi connectivity index (χ0n) is 20.4. The molecule has 190 valence electrons. The third-order valence-corrected chi connectivity index (χ3v) is 5.94. The summed E-state index contributed by atoms with van der Waals surface area (Å²) in [6, 6.07) is 12.0. The molecule has 36 heavy (non-hydrogen) atoms. The van der Waals surface area contributed by atoms with E-state index in [0.29, 0.717) is 56.5 Å². The Morgan fingerprint density at radius 3 is 2.47 bits per heavy atom. The molecule has 0 atom stereocenters. The number of carbonyl (C=O) groups is 2. The molecule has 0 unspecified atom stereocenters. The summed E-state index contributed by atoms with van der Waals surface area (Å²) in [6.45, 7) is 5.28. The lowest BCUT2D eigenvalue weighted by Gasteiger charge is -2.34. The van der Waals surface area contributed by atoms with Crippen molar-refractivity contribution in [3.05, 3.63) is 76.6 Å². The number of furan rings is 1. The second-order valence-electron chi connectivity index (χ2n) is 8.38. The van der Waals surface area contributed by atoms with E-state index in [1.54, 1.807) is 52.1 Å². The predicted molar refractivity (Wildman–Crippen MR) is 133 cm³/mol. The van der Waals surface area contributed by atoms with Crippen molar-refractivity contribution >= 4 is 17.5 Å². The third-order valence-electron chi connectivity index (χ3n) is 5.94. The van der Waals surface area contributed by atoms with Crippen LogP contribution in [0.4, 0.5) is 5.69 Å². The fraction of sp³-hybridized carbons (Fsp3) is 0.346. The maximum absolute atomic E-state index is 12.8. The number of nitrogens with zero attached hydrogens (tertiary/aromatic N) is 3. The lowest BCUT2D eigenvalue weighted by atomic mass is 10.2. The van der Waals surface area contributed by atoms with Gasteiger partial charge in [0.1, 0.15) is 12.3 Å². The monoisotopic (exact) mass is 494 g/mol. The van der Waals surface area contributed by atoms with Crippen molar-refractivity contribution in [2.75, 3.05) is 45.2 Å². The van der Waals surface area contributed by atoms with E-state index in [9.17, 15) is 14.4 Å². The highest BCUT2D eigenvalue weighted by molar-refractivity contribution is 5.91. The summed E-state index contributed by atoms with van der Waals surface area (Å²) in [7, 11) is 1.43. The molecule has 4 rings (SSSR count). The maximum atomic E-state index is 12.8. The van der Waals surface area contributed by atoms with Gasteiger partial charge in [-0.1, -0.05) is 0 Å². The van der Waals surface area contributed by atoms with E-state index < -0.39 is 0 Å². The minimum Gasteiger partial charge on any atom is -0.494 e. The van der Waals surface area contributed by atoms with Gasteiger partial charge in [0.2, 0.25) is 11.3 Å². The maximum Gasteiger partial charge on any atom is 0.289 e. The van der Waals surface area contributed by atoms with Gasteiger partial charge in [-0.15, -0.1) is 0 Å². The molecule has 10 nitrogen and oxygen atoms in total. The summed E-state index contributed by atoms with van der Waals surface area (Å²) in [6.07, 6.45) is 3.05. The number of methoxy groups -OCH3 is 1. The second-order valence-corrected chi connectivity index (χ2v) is 8.38. The van der Waals surface area contributed by atoms with Crippen LogP contribution in [0.5, 0.6) is 11.5 Å². The minimum atomic E-state index is -0.248. The molecule has 1 aliphatic heterocycles. The summed E-state index contributed by atoms with van der Waals surface area (Å²) >= 11 is 0. The molecular weight excluding hydrogens is 464 g/mol. The van der Waals surface area contributed by atoms with E-state index in [0.717, 1.165) is 5.75 Å². The van der Waals surface area contributed by atoms with Gasteiger partial charge in [-0.2, -0.15) is 0 Å². The number of ether oxygens (including phenoxy) is 2. The number of aromatic nitrogens is 1. The number of carbonyl (C=O) groups excluding carboxylic acids is 2. The van der Waals surface area contributed by atoms with Crippen molar-refractivity contribution < 1.29 is 23.5 Å². The largest absolute Gasteiger partial charge is 0.494 e. The quantitative estimate of drug-likeness (QED) is 0.487. The Morgan fingerprint density at radius 2 is 1.83 bits per heavy atom. The molecule has 0 spiro atoms. The van der Waals surface area contributed by atoms with Gasteiger partial charge in [0.25, 0.3) is 5.91 Å². The van der Waals surface area contributed by atoms with Crippen LogP contribution >= 0.6 is 0 Å². The minimum absolute atomic E-state index is 0.0100. The fourth-order valence-electron chi connectivity index (χ4n) is 4.08. The van der Waals surface area contributed by atoms with Gasteiger partial charge < -0.3 is 28.7 Å². The van der Waals surface area contributed by atoms with E-state index in [1.165, 1.54) is 19.4 Å². The highest BCUT2D eigenvalue weighted by atomic mass is 16.5. The van der Waals surface area contributed by atoms with E-state index in [4.69, 9.17) is 13.9 Å². The molecule has 0 radical (unpaired) electrons. The first-order valence-corrected chi connectivity index (χ1v) is 11.8. The highest BCUT2D eigenvalue weighted by Crippen LogP contribution is 2.17. The summed E-state index contributed by atoms with van der Waals surface area (Å²) in [5, 5.41) is 2.87. The number of pyridine rings is 1. The summed E-state index contributed by atoms with van der Waals surface area (Å²) < 4.78 is 17.6. The Labute approximate surface area is 209 Å².